The zero-order valence-corrected chi connectivity index (χ0v) is 34.1. The molecule has 0 aromatic rings. The van der Waals surface area contributed by atoms with Gasteiger partial charge in [-0.2, -0.15) is 8.42 Å². The average molecular weight is 782 g/mol. The summed E-state index contributed by atoms with van der Waals surface area (Å²) in [5.74, 6) is 0.706. The summed E-state index contributed by atoms with van der Waals surface area (Å²) in [6, 6.07) is 0. The Morgan fingerprint density at radius 2 is 1.69 bits per heavy atom. The Morgan fingerprint density at radius 3 is 2.44 bits per heavy atom. The second kappa shape index (κ2) is 14.1. The average Bonchev–Trinajstić information content (AvgIpc) is 3.30. The molecule has 9 rings (SSSR count). The van der Waals surface area contributed by atoms with Gasteiger partial charge >= 0.3 is 0 Å². The van der Waals surface area contributed by atoms with Crippen LogP contribution in [-0.2, 0) is 38.9 Å². The highest BCUT2D eigenvalue weighted by Crippen LogP contribution is 2.69. The van der Waals surface area contributed by atoms with Crippen molar-refractivity contribution in [1.82, 2.24) is 5.32 Å². The van der Waals surface area contributed by atoms with Crippen molar-refractivity contribution in [2.45, 2.75) is 167 Å². The van der Waals surface area contributed by atoms with E-state index in [-0.39, 0.29) is 95.2 Å². The lowest BCUT2D eigenvalue weighted by Crippen LogP contribution is -2.71. The molecule has 308 valence electrons. The lowest BCUT2D eigenvalue weighted by molar-refractivity contribution is -0.578. The summed E-state index contributed by atoms with van der Waals surface area (Å²) in [4.78, 5) is 25.2. The molecule has 4 aliphatic heterocycles. The molecule has 9 unspecified atom stereocenters. The van der Waals surface area contributed by atoms with Gasteiger partial charge in [-0.1, -0.05) is 34.6 Å². The minimum absolute atomic E-state index is 0.00491. The van der Waals surface area contributed by atoms with Gasteiger partial charge in [-0.25, -0.2) is 9.78 Å². The number of fused-ring (bicyclic) bond motifs is 7. The van der Waals surface area contributed by atoms with Crippen molar-refractivity contribution in [3.63, 3.8) is 0 Å². The maximum absolute atomic E-state index is 12.7. The molecule has 0 radical (unpaired) electrons. The fourth-order valence-electron chi connectivity index (χ4n) is 14.4. The third kappa shape index (κ3) is 6.44. The number of carbonyl (C=O) groups excluding carboxylic acids is 1. The van der Waals surface area contributed by atoms with Gasteiger partial charge in [0.05, 0.1) is 24.1 Å². The second-order valence-corrected chi connectivity index (χ2v) is 21.6. The Labute approximate surface area is 322 Å². The van der Waals surface area contributed by atoms with Crippen molar-refractivity contribution in [3.8, 4) is 0 Å². The highest BCUT2D eigenvalue weighted by molar-refractivity contribution is 7.85. The summed E-state index contributed by atoms with van der Waals surface area (Å²) in [5.41, 5.74) is -1.03. The van der Waals surface area contributed by atoms with Crippen LogP contribution in [0.25, 0.3) is 0 Å². The number of rotatable bonds is 9. The SMILES string of the molecule is C[C@H]1C(O[C@@H]2CC3C[C@H](O)CC[C@]3(C)C3C[C@H](O)[C@@]4(C)C(CC[C@@H]4[C@H](C)CCC(=O)NCCS(=O)(=O)O)C32)OC2OC3(C)CCC4[C@H](C)CCC1[C@@]24OO3. The Hall–Kier alpha value is -0.900. The molecule has 4 saturated heterocycles. The first-order valence-electron chi connectivity index (χ1n) is 21.3. The summed E-state index contributed by atoms with van der Waals surface area (Å²) in [7, 11) is -4.14. The Balaban J connectivity index is 1.05. The summed E-state index contributed by atoms with van der Waals surface area (Å²) in [6.07, 6.45) is 8.74. The van der Waals surface area contributed by atoms with Crippen LogP contribution in [0, 0.1) is 70.0 Å². The van der Waals surface area contributed by atoms with Crippen molar-refractivity contribution in [2.24, 2.45) is 70.0 Å². The molecule has 2 bridgehead atoms. The molecule has 9 aliphatic rings. The molecule has 1 spiro atoms. The van der Waals surface area contributed by atoms with E-state index in [0.717, 1.165) is 64.2 Å². The molecule has 0 aromatic heterocycles. The molecule has 4 N–H and O–H groups in total. The van der Waals surface area contributed by atoms with Crippen LogP contribution in [0.5, 0.6) is 0 Å². The number of carbonyl (C=O) groups is 1. The van der Waals surface area contributed by atoms with E-state index in [1.54, 1.807) is 0 Å². The predicted molar refractivity (Wildman–Crippen MR) is 198 cm³/mol. The van der Waals surface area contributed by atoms with E-state index in [1.807, 2.05) is 6.92 Å². The Morgan fingerprint density at radius 1 is 0.926 bits per heavy atom. The van der Waals surface area contributed by atoms with Crippen molar-refractivity contribution in [3.05, 3.63) is 0 Å². The van der Waals surface area contributed by atoms with Crippen LogP contribution in [0.4, 0.5) is 0 Å². The third-order valence-corrected chi connectivity index (χ3v) is 18.1. The van der Waals surface area contributed by atoms with Gasteiger partial charge in [-0.15, -0.1) is 0 Å². The van der Waals surface area contributed by atoms with Gasteiger partial charge in [0.25, 0.3) is 10.1 Å². The first kappa shape index (κ1) is 39.9. The first-order valence-corrected chi connectivity index (χ1v) is 22.9. The maximum atomic E-state index is 12.7. The number of hydrogen-bond acceptors (Lipinski definition) is 10. The van der Waals surface area contributed by atoms with Crippen molar-refractivity contribution < 1.29 is 52.0 Å². The van der Waals surface area contributed by atoms with E-state index in [2.05, 4.69) is 39.9 Å². The maximum Gasteiger partial charge on any atom is 0.266 e. The van der Waals surface area contributed by atoms with Crippen LogP contribution in [0.2, 0.25) is 0 Å². The highest BCUT2D eigenvalue weighted by Gasteiger charge is 2.71. The Kier molecular flexibility index (Phi) is 10.4. The summed E-state index contributed by atoms with van der Waals surface area (Å²) in [5, 5.41) is 25.9. The second-order valence-electron chi connectivity index (χ2n) is 20.1. The van der Waals surface area contributed by atoms with E-state index in [1.165, 1.54) is 0 Å². The van der Waals surface area contributed by atoms with Crippen LogP contribution in [0.3, 0.4) is 0 Å². The molecule has 1 amide bonds. The van der Waals surface area contributed by atoms with E-state index in [0.29, 0.717) is 18.8 Å². The lowest BCUT2D eigenvalue weighted by Gasteiger charge is -2.65. The minimum Gasteiger partial charge on any atom is -0.393 e. The number of aliphatic hydroxyl groups is 2. The van der Waals surface area contributed by atoms with E-state index >= 15 is 0 Å². The third-order valence-electron chi connectivity index (χ3n) is 17.4. The fourth-order valence-corrected chi connectivity index (χ4v) is 14.8. The zero-order valence-electron chi connectivity index (χ0n) is 33.3. The summed E-state index contributed by atoms with van der Waals surface area (Å²) in [6.45, 7) is 13.3. The topological polar surface area (TPSA) is 170 Å². The van der Waals surface area contributed by atoms with Gasteiger partial charge in [-0.3, -0.25) is 9.35 Å². The molecule has 0 aromatic carbocycles. The molecule has 54 heavy (non-hydrogen) atoms. The smallest absolute Gasteiger partial charge is 0.266 e. The molecule has 5 saturated carbocycles. The van der Waals surface area contributed by atoms with Gasteiger partial charge in [0, 0.05) is 31.2 Å². The van der Waals surface area contributed by atoms with Gasteiger partial charge in [0.15, 0.2) is 18.2 Å². The fraction of sp³-hybridized carbons (Fsp3) is 0.976. The number of amides is 1. The Bertz CT molecular complexity index is 1530. The molecule has 4 heterocycles. The molecule has 5 aliphatic carbocycles. The van der Waals surface area contributed by atoms with Crippen LogP contribution in [-0.4, -0.2) is 83.7 Å². The minimum atomic E-state index is -4.14. The molecular weight excluding hydrogens is 715 g/mol. The van der Waals surface area contributed by atoms with Gasteiger partial charge in [0.1, 0.15) is 0 Å². The largest absolute Gasteiger partial charge is 0.393 e. The summed E-state index contributed by atoms with van der Waals surface area (Å²) < 4.78 is 52.4. The standard InChI is InChI=1S/C41H67NO11S/c1-22(8-12-34(45)42-17-18-54(46,47)48)27-10-11-30-35-31(21-33(44)40(27,30)6)38(4)15-13-26(43)19-25(38)20-32(35)49-36-24(3)29-9-7-23(2)28-14-16-39(5)51-37(50-36)41(28,29)53-52-39/h22-33,35-37,43-44H,7-21H2,1-6H3,(H,42,45)(H,46,47,48)/t22-,23-,24-,25?,26-,27-,28?,29?,30?,31?,32-,33+,35?,36?,37?,38+,39?,40-,41-/m1/s1. The number of ether oxygens (including phenoxy) is 3. The van der Waals surface area contributed by atoms with Crippen molar-refractivity contribution in [1.29, 1.82) is 0 Å². The predicted octanol–water partition coefficient (Wildman–Crippen LogP) is 5.60. The number of nitrogens with one attached hydrogen (secondary N) is 1. The molecular formula is C41H67NO11S. The number of hydrogen-bond donors (Lipinski definition) is 4. The van der Waals surface area contributed by atoms with E-state index in [9.17, 15) is 23.4 Å². The van der Waals surface area contributed by atoms with Crippen LogP contribution in [0.15, 0.2) is 0 Å². The quantitative estimate of drug-likeness (QED) is 0.131. The zero-order chi connectivity index (χ0) is 38.6. The van der Waals surface area contributed by atoms with Gasteiger partial charge in [0.2, 0.25) is 11.7 Å². The van der Waals surface area contributed by atoms with Crippen LogP contribution in [0.1, 0.15) is 125 Å². The van der Waals surface area contributed by atoms with Gasteiger partial charge in [-0.05, 0) is 136 Å². The van der Waals surface area contributed by atoms with Crippen LogP contribution < -0.4 is 5.32 Å². The molecule has 9 fully saturated rings. The molecule has 19 atom stereocenters. The van der Waals surface area contributed by atoms with E-state index < -0.39 is 45.9 Å². The first-order chi connectivity index (χ1) is 25.4. The monoisotopic (exact) mass is 781 g/mol. The lowest BCUT2D eigenvalue weighted by atomic mass is 9.43. The van der Waals surface area contributed by atoms with Crippen molar-refractivity contribution >= 4 is 16.0 Å². The van der Waals surface area contributed by atoms with E-state index in [4.69, 9.17) is 28.5 Å². The van der Waals surface area contributed by atoms with Crippen molar-refractivity contribution in [2.75, 3.05) is 12.3 Å². The van der Waals surface area contributed by atoms with Crippen LogP contribution >= 0.6 is 0 Å². The normalized spacial score (nSPS) is 53.0. The molecule has 13 heteroatoms. The highest BCUT2D eigenvalue weighted by atomic mass is 32.2. The molecule has 12 nitrogen and oxygen atoms in total. The number of aliphatic hydroxyl groups excluding tert-OH is 2. The van der Waals surface area contributed by atoms with Gasteiger partial charge < -0.3 is 29.7 Å². The summed E-state index contributed by atoms with van der Waals surface area (Å²) >= 11 is 0.